The third-order valence-electron chi connectivity index (χ3n) is 4.07. The SMILES string of the molecule is COc1cccc(NC(=O)N2CCCC(Oc3cncc(OC)n3)C2)c1. The predicted molar refractivity (Wildman–Crippen MR) is 95.8 cm³/mol. The van der Waals surface area contributed by atoms with Crippen LogP contribution in [0.15, 0.2) is 36.7 Å². The molecule has 1 aliphatic rings. The molecule has 1 aromatic carbocycles. The summed E-state index contributed by atoms with van der Waals surface area (Å²) in [6.45, 7) is 1.16. The molecule has 1 unspecified atom stereocenters. The number of nitrogens with zero attached hydrogens (tertiary/aromatic N) is 3. The lowest BCUT2D eigenvalue weighted by Crippen LogP contribution is -2.46. The van der Waals surface area contributed by atoms with Crippen LogP contribution in [0.1, 0.15) is 12.8 Å². The van der Waals surface area contributed by atoms with E-state index >= 15 is 0 Å². The zero-order chi connectivity index (χ0) is 18.4. The summed E-state index contributed by atoms with van der Waals surface area (Å²) in [5, 5.41) is 2.89. The number of methoxy groups -OCH3 is 2. The van der Waals surface area contributed by atoms with Gasteiger partial charge in [-0.3, -0.25) is 4.98 Å². The minimum atomic E-state index is -0.164. The van der Waals surface area contributed by atoms with Crippen molar-refractivity contribution in [2.75, 3.05) is 32.6 Å². The zero-order valence-electron chi connectivity index (χ0n) is 14.8. The first-order chi connectivity index (χ1) is 12.7. The van der Waals surface area contributed by atoms with Crippen molar-refractivity contribution in [1.82, 2.24) is 14.9 Å². The standard InChI is InChI=1S/C18H22N4O4/c1-24-14-6-3-5-13(9-14)20-18(23)22-8-4-7-15(12-22)26-17-11-19-10-16(21-17)25-2/h3,5-6,9-11,15H,4,7-8,12H2,1-2H3,(H,20,23). The van der Waals surface area contributed by atoms with Crippen LogP contribution in [0.4, 0.5) is 10.5 Å². The first-order valence-electron chi connectivity index (χ1n) is 8.40. The van der Waals surface area contributed by atoms with Gasteiger partial charge in [0.25, 0.3) is 0 Å². The van der Waals surface area contributed by atoms with E-state index in [1.165, 1.54) is 19.5 Å². The number of carbonyl (C=O) groups excluding carboxylic acids is 1. The minimum Gasteiger partial charge on any atom is -0.497 e. The van der Waals surface area contributed by atoms with Crippen molar-refractivity contribution >= 4 is 11.7 Å². The van der Waals surface area contributed by atoms with Crippen LogP contribution in [0.3, 0.4) is 0 Å². The van der Waals surface area contributed by atoms with Crippen LogP contribution in [0.25, 0.3) is 0 Å². The zero-order valence-corrected chi connectivity index (χ0v) is 14.8. The van der Waals surface area contributed by atoms with Gasteiger partial charge < -0.3 is 24.4 Å². The van der Waals surface area contributed by atoms with Gasteiger partial charge in [-0.05, 0) is 25.0 Å². The van der Waals surface area contributed by atoms with Crippen molar-refractivity contribution in [3.8, 4) is 17.5 Å². The molecule has 0 aliphatic carbocycles. The second-order valence-corrected chi connectivity index (χ2v) is 5.89. The predicted octanol–water partition coefficient (Wildman–Crippen LogP) is 2.57. The number of ether oxygens (including phenoxy) is 3. The van der Waals surface area contributed by atoms with Crippen molar-refractivity contribution in [2.45, 2.75) is 18.9 Å². The number of rotatable bonds is 5. The van der Waals surface area contributed by atoms with Crippen molar-refractivity contribution < 1.29 is 19.0 Å². The van der Waals surface area contributed by atoms with Crippen molar-refractivity contribution in [1.29, 1.82) is 0 Å². The molecule has 1 aliphatic heterocycles. The minimum absolute atomic E-state index is 0.138. The Morgan fingerprint density at radius 2 is 2.08 bits per heavy atom. The fourth-order valence-electron chi connectivity index (χ4n) is 2.78. The molecular weight excluding hydrogens is 336 g/mol. The quantitative estimate of drug-likeness (QED) is 0.884. The Labute approximate surface area is 152 Å². The Balaban J connectivity index is 1.59. The number of benzene rings is 1. The summed E-state index contributed by atoms with van der Waals surface area (Å²) in [5.74, 6) is 1.48. The Morgan fingerprint density at radius 1 is 1.23 bits per heavy atom. The highest BCUT2D eigenvalue weighted by molar-refractivity contribution is 5.89. The fraction of sp³-hybridized carbons (Fsp3) is 0.389. The molecule has 138 valence electrons. The number of amides is 2. The van der Waals surface area contributed by atoms with Crippen LogP contribution in [0, 0.1) is 0 Å². The molecule has 2 amide bonds. The molecule has 1 atom stereocenters. The van der Waals surface area contributed by atoms with Crippen molar-refractivity contribution in [3.63, 3.8) is 0 Å². The molecule has 3 rings (SSSR count). The molecule has 1 aromatic heterocycles. The summed E-state index contributed by atoms with van der Waals surface area (Å²) in [6.07, 6.45) is 4.62. The summed E-state index contributed by atoms with van der Waals surface area (Å²) in [6, 6.07) is 7.10. The molecule has 1 N–H and O–H groups in total. The molecule has 0 radical (unpaired) electrons. The maximum absolute atomic E-state index is 12.5. The smallest absolute Gasteiger partial charge is 0.321 e. The largest absolute Gasteiger partial charge is 0.497 e. The van der Waals surface area contributed by atoms with E-state index in [0.717, 1.165) is 12.8 Å². The topological polar surface area (TPSA) is 85.8 Å². The molecule has 0 bridgehead atoms. The molecule has 0 saturated carbocycles. The van der Waals surface area contributed by atoms with E-state index in [1.807, 2.05) is 18.2 Å². The molecule has 2 aromatic rings. The lowest BCUT2D eigenvalue weighted by molar-refractivity contribution is 0.101. The number of carbonyl (C=O) groups is 1. The summed E-state index contributed by atoms with van der Waals surface area (Å²) < 4.78 is 16.1. The van der Waals surface area contributed by atoms with Crippen LogP contribution in [-0.4, -0.2) is 54.3 Å². The first-order valence-corrected chi connectivity index (χ1v) is 8.40. The molecule has 1 saturated heterocycles. The Hall–Kier alpha value is -3.03. The van der Waals surface area contributed by atoms with E-state index in [1.54, 1.807) is 18.1 Å². The summed E-state index contributed by atoms with van der Waals surface area (Å²) in [4.78, 5) is 22.5. The van der Waals surface area contributed by atoms with Crippen LogP contribution >= 0.6 is 0 Å². The third-order valence-corrected chi connectivity index (χ3v) is 4.07. The Bertz CT molecular complexity index is 755. The fourth-order valence-corrected chi connectivity index (χ4v) is 2.78. The van der Waals surface area contributed by atoms with Crippen LogP contribution < -0.4 is 19.5 Å². The second-order valence-electron chi connectivity index (χ2n) is 5.89. The molecule has 8 heteroatoms. The normalized spacial score (nSPS) is 16.7. The van der Waals surface area contributed by atoms with Gasteiger partial charge in [0.15, 0.2) is 0 Å². The Kier molecular flexibility index (Phi) is 5.73. The van der Waals surface area contributed by atoms with Gasteiger partial charge in [0, 0.05) is 18.3 Å². The van der Waals surface area contributed by atoms with Gasteiger partial charge in [0.2, 0.25) is 11.8 Å². The average Bonchev–Trinajstić information content (AvgIpc) is 2.68. The van der Waals surface area contributed by atoms with Gasteiger partial charge in [-0.1, -0.05) is 6.07 Å². The summed E-state index contributed by atoms with van der Waals surface area (Å²) >= 11 is 0. The molecule has 1 fully saturated rings. The van der Waals surface area contributed by atoms with Gasteiger partial charge in [-0.25, -0.2) is 4.79 Å². The van der Waals surface area contributed by atoms with Crippen molar-refractivity contribution in [3.05, 3.63) is 36.7 Å². The monoisotopic (exact) mass is 358 g/mol. The highest BCUT2D eigenvalue weighted by Crippen LogP contribution is 2.20. The molecule has 26 heavy (non-hydrogen) atoms. The number of hydrogen-bond acceptors (Lipinski definition) is 6. The number of likely N-dealkylation sites (tertiary alicyclic amines) is 1. The number of urea groups is 1. The highest BCUT2D eigenvalue weighted by Gasteiger charge is 2.25. The van der Waals surface area contributed by atoms with Gasteiger partial charge in [0.1, 0.15) is 11.9 Å². The number of anilines is 1. The van der Waals surface area contributed by atoms with Gasteiger partial charge >= 0.3 is 6.03 Å². The van der Waals surface area contributed by atoms with Gasteiger partial charge in [0.05, 0.1) is 33.2 Å². The maximum Gasteiger partial charge on any atom is 0.321 e. The summed E-state index contributed by atoms with van der Waals surface area (Å²) in [5.41, 5.74) is 0.691. The molecule has 0 spiro atoms. The lowest BCUT2D eigenvalue weighted by Gasteiger charge is -2.32. The maximum atomic E-state index is 12.5. The lowest BCUT2D eigenvalue weighted by atomic mass is 10.1. The number of aromatic nitrogens is 2. The molecular formula is C18H22N4O4. The average molecular weight is 358 g/mol. The van der Waals surface area contributed by atoms with E-state index in [4.69, 9.17) is 14.2 Å². The van der Waals surface area contributed by atoms with Crippen LogP contribution in [-0.2, 0) is 0 Å². The van der Waals surface area contributed by atoms with E-state index in [0.29, 0.717) is 36.3 Å². The summed E-state index contributed by atoms with van der Waals surface area (Å²) in [7, 11) is 3.12. The third kappa shape index (κ3) is 4.53. The van der Waals surface area contributed by atoms with E-state index < -0.39 is 0 Å². The molecule has 8 nitrogen and oxygen atoms in total. The van der Waals surface area contributed by atoms with Gasteiger partial charge in [-0.2, -0.15) is 4.98 Å². The van der Waals surface area contributed by atoms with Gasteiger partial charge in [-0.15, -0.1) is 0 Å². The highest BCUT2D eigenvalue weighted by atomic mass is 16.5. The number of nitrogens with one attached hydrogen (secondary N) is 1. The van der Waals surface area contributed by atoms with Crippen LogP contribution in [0.5, 0.6) is 17.5 Å². The second kappa shape index (κ2) is 8.37. The van der Waals surface area contributed by atoms with Crippen molar-refractivity contribution in [2.24, 2.45) is 0 Å². The first kappa shape index (κ1) is 17.8. The van der Waals surface area contributed by atoms with Crippen LogP contribution in [0.2, 0.25) is 0 Å². The number of piperidine rings is 1. The van der Waals surface area contributed by atoms with E-state index in [9.17, 15) is 4.79 Å². The molecule has 2 heterocycles. The van der Waals surface area contributed by atoms with E-state index in [2.05, 4.69) is 15.3 Å². The van der Waals surface area contributed by atoms with E-state index in [-0.39, 0.29) is 12.1 Å². The Morgan fingerprint density at radius 3 is 2.88 bits per heavy atom. The number of hydrogen-bond donors (Lipinski definition) is 1.